The van der Waals surface area contributed by atoms with Crippen LogP contribution >= 0.6 is 11.3 Å². The van der Waals surface area contributed by atoms with Gasteiger partial charge >= 0.3 is 5.00 Å². The average Bonchev–Trinajstić information content (AvgIpc) is 2.86. The number of rotatable bonds is 5. The van der Waals surface area contributed by atoms with Crippen LogP contribution in [0, 0.1) is 10.1 Å². The Bertz CT molecular complexity index is 539. The third-order valence-corrected chi connectivity index (χ3v) is 3.23. The van der Waals surface area contributed by atoms with Gasteiger partial charge in [0.25, 0.3) is 0 Å². The molecule has 2 N–H and O–H groups in total. The summed E-state index contributed by atoms with van der Waals surface area (Å²) in [7, 11) is 0. The van der Waals surface area contributed by atoms with Crippen molar-refractivity contribution < 1.29 is 10.0 Å². The van der Waals surface area contributed by atoms with Gasteiger partial charge in [0.2, 0.25) is 0 Å². The Hall–Kier alpha value is -1.99. The van der Waals surface area contributed by atoms with E-state index in [0.29, 0.717) is 11.7 Å². The second-order valence-corrected chi connectivity index (χ2v) is 4.60. The molecule has 0 aliphatic heterocycles. The monoisotopic (exact) mass is 265 g/mol. The Balaban J connectivity index is 1.95. The van der Waals surface area contributed by atoms with Crippen molar-refractivity contribution in [2.75, 3.05) is 5.32 Å². The maximum atomic E-state index is 10.5. The summed E-state index contributed by atoms with van der Waals surface area (Å²) in [5.41, 5.74) is 1.87. The van der Waals surface area contributed by atoms with Crippen LogP contribution in [0.5, 0.6) is 0 Å². The Labute approximate surface area is 107 Å². The van der Waals surface area contributed by atoms with E-state index in [4.69, 9.17) is 5.11 Å². The van der Waals surface area contributed by atoms with E-state index in [1.165, 1.54) is 6.20 Å². The molecule has 1 heterocycles. The van der Waals surface area contributed by atoms with Crippen LogP contribution in [-0.2, 0) is 13.2 Å². The Kier molecular flexibility index (Phi) is 3.85. The van der Waals surface area contributed by atoms with Crippen molar-refractivity contribution in [3.8, 4) is 0 Å². The maximum Gasteiger partial charge on any atom is 0.345 e. The highest BCUT2D eigenvalue weighted by Gasteiger charge is 2.10. The summed E-state index contributed by atoms with van der Waals surface area (Å²) in [6.45, 7) is 0.558. The predicted molar refractivity (Wildman–Crippen MR) is 68.5 cm³/mol. The zero-order chi connectivity index (χ0) is 13.0. The van der Waals surface area contributed by atoms with Crippen molar-refractivity contribution in [2.24, 2.45) is 0 Å². The first-order valence-corrected chi connectivity index (χ1v) is 6.03. The summed E-state index contributed by atoms with van der Waals surface area (Å²) in [6.07, 6.45) is 1.24. The van der Waals surface area contributed by atoms with Gasteiger partial charge in [0.05, 0.1) is 11.5 Å². The van der Waals surface area contributed by atoms with Crippen LogP contribution in [0.25, 0.3) is 0 Å². The summed E-state index contributed by atoms with van der Waals surface area (Å²) in [4.78, 5) is 13.9. The average molecular weight is 265 g/mol. The van der Waals surface area contributed by atoms with E-state index in [-0.39, 0.29) is 11.6 Å². The number of aliphatic hydroxyl groups excluding tert-OH is 1. The molecule has 2 aromatic rings. The van der Waals surface area contributed by atoms with Crippen molar-refractivity contribution in [1.82, 2.24) is 4.98 Å². The molecule has 0 spiro atoms. The van der Waals surface area contributed by atoms with E-state index in [0.717, 1.165) is 22.5 Å². The quantitative estimate of drug-likeness (QED) is 0.638. The zero-order valence-electron chi connectivity index (χ0n) is 9.37. The number of thiazole rings is 1. The Morgan fingerprint density at radius 3 is 2.56 bits per heavy atom. The second kappa shape index (κ2) is 5.56. The molecule has 7 heteroatoms. The number of nitro groups is 1. The lowest BCUT2D eigenvalue weighted by Crippen LogP contribution is -1.98. The van der Waals surface area contributed by atoms with E-state index in [9.17, 15) is 10.1 Å². The highest BCUT2D eigenvalue weighted by atomic mass is 32.1. The molecular weight excluding hydrogens is 254 g/mol. The number of aliphatic hydroxyl groups is 1. The molecule has 0 bridgehead atoms. The van der Waals surface area contributed by atoms with Crippen molar-refractivity contribution in [3.63, 3.8) is 0 Å². The standard InChI is InChI=1S/C11H11N3O3S/c15-7-9-3-1-8(2-4-9)5-12-11-13-6-10(18-11)14(16)17/h1-4,6,15H,5,7H2,(H,12,13). The molecule has 0 aliphatic rings. The highest BCUT2D eigenvalue weighted by Crippen LogP contribution is 2.25. The minimum Gasteiger partial charge on any atom is -0.392 e. The van der Waals surface area contributed by atoms with Crippen LogP contribution in [0.3, 0.4) is 0 Å². The first-order valence-electron chi connectivity index (χ1n) is 5.22. The van der Waals surface area contributed by atoms with E-state index in [2.05, 4.69) is 10.3 Å². The normalized spacial score (nSPS) is 10.3. The summed E-state index contributed by atoms with van der Waals surface area (Å²) in [6, 6.07) is 7.45. The van der Waals surface area contributed by atoms with Crippen LogP contribution in [0.1, 0.15) is 11.1 Å². The minimum atomic E-state index is -0.459. The van der Waals surface area contributed by atoms with E-state index in [1.54, 1.807) is 0 Å². The first-order chi connectivity index (χ1) is 8.69. The van der Waals surface area contributed by atoms with Crippen LogP contribution in [0.2, 0.25) is 0 Å². The fourth-order valence-corrected chi connectivity index (χ4v) is 2.00. The number of benzene rings is 1. The van der Waals surface area contributed by atoms with Gasteiger partial charge in [-0.3, -0.25) is 10.1 Å². The third-order valence-electron chi connectivity index (χ3n) is 2.32. The number of aromatic nitrogens is 1. The van der Waals surface area contributed by atoms with E-state index < -0.39 is 4.92 Å². The molecule has 18 heavy (non-hydrogen) atoms. The summed E-state index contributed by atoms with van der Waals surface area (Å²) in [5, 5.41) is 22.9. The van der Waals surface area contributed by atoms with Crippen LogP contribution < -0.4 is 5.32 Å². The smallest absolute Gasteiger partial charge is 0.345 e. The van der Waals surface area contributed by atoms with Gasteiger partial charge in [-0.1, -0.05) is 24.3 Å². The van der Waals surface area contributed by atoms with Gasteiger partial charge < -0.3 is 10.4 Å². The molecular formula is C11H11N3O3S. The molecule has 0 radical (unpaired) electrons. The Morgan fingerprint density at radius 2 is 2.00 bits per heavy atom. The van der Waals surface area contributed by atoms with Gasteiger partial charge in [-0.25, -0.2) is 4.98 Å². The number of nitrogens with zero attached hydrogens (tertiary/aromatic N) is 2. The number of hydrogen-bond acceptors (Lipinski definition) is 6. The van der Waals surface area contributed by atoms with Gasteiger partial charge in [0.1, 0.15) is 6.20 Å². The van der Waals surface area contributed by atoms with Crippen molar-refractivity contribution in [1.29, 1.82) is 0 Å². The fourth-order valence-electron chi connectivity index (χ4n) is 1.37. The van der Waals surface area contributed by atoms with Crippen LogP contribution in [0.15, 0.2) is 30.5 Å². The highest BCUT2D eigenvalue weighted by molar-refractivity contribution is 7.18. The van der Waals surface area contributed by atoms with Crippen LogP contribution in [-0.4, -0.2) is 15.0 Å². The summed E-state index contributed by atoms with van der Waals surface area (Å²) < 4.78 is 0. The van der Waals surface area contributed by atoms with Gasteiger partial charge in [0, 0.05) is 6.54 Å². The SMILES string of the molecule is O=[N+]([O-])c1cnc(NCc2ccc(CO)cc2)s1. The second-order valence-electron chi connectivity index (χ2n) is 3.59. The predicted octanol–water partition coefficient (Wildman–Crippen LogP) is 2.16. The van der Waals surface area contributed by atoms with E-state index >= 15 is 0 Å². The molecule has 2 rings (SSSR count). The maximum absolute atomic E-state index is 10.5. The number of nitrogens with one attached hydrogen (secondary N) is 1. The number of anilines is 1. The minimum absolute atomic E-state index is 0.0202. The molecule has 0 saturated carbocycles. The van der Waals surface area contributed by atoms with Gasteiger partial charge in [-0.15, -0.1) is 0 Å². The summed E-state index contributed by atoms with van der Waals surface area (Å²) in [5.74, 6) is 0. The largest absolute Gasteiger partial charge is 0.392 e. The van der Waals surface area contributed by atoms with Crippen molar-refractivity contribution >= 4 is 21.5 Å². The number of hydrogen-bond donors (Lipinski definition) is 2. The first kappa shape index (κ1) is 12.5. The lowest BCUT2D eigenvalue weighted by Gasteiger charge is -2.03. The van der Waals surface area contributed by atoms with Crippen molar-refractivity contribution in [3.05, 3.63) is 51.7 Å². The van der Waals surface area contributed by atoms with Gasteiger partial charge in [0.15, 0.2) is 5.13 Å². The molecule has 0 aliphatic carbocycles. The fraction of sp³-hybridized carbons (Fsp3) is 0.182. The third kappa shape index (κ3) is 3.02. The lowest BCUT2D eigenvalue weighted by molar-refractivity contribution is -0.380. The molecule has 1 aromatic carbocycles. The molecule has 0 fully saturated rings. The zero-order valence-corrected chi connectivity index (χ0v) is 10.2. The molecule has 0 amide bonds. The van der Waals surface area contributed by atoms with Gasteiger partial charge in [-0.2, -0.15) is 0 Å². The molecule has 0 atom stereocenters. The van der Waals surface area contributed by atoms with E-state index in [1.807, 2.05) is 24.3 Å². The molecule has 1 aromatic heterocycles. The van der Waals surface area contributed by atoms with Gasteiger partial charge in [-0.05, 0) is 22.5 Å². The topological polar surface area (TPSA) is 88.3 Å². The summed E-state index contributed by atoms with van der Waals surface area (Å²) >= 11 is 1.01. The molecule has 6 nitrogen and oxygen atoms in total. The van der Waals surface area contributed by atoms with Crippen LogP contribution in [0.4, 0.5) is 10.1 Å². The molecule has 94 valence electrons. The molecule has 0 saturated heterocycles. The lowest BCUT2D eigenvalue weighted by atomic mass is 10.1. The van der Waals surface area contributed by atoms with Crippen molar-refractivity contribution in [2.45, 2.75) is 13.2 Å². The Morgan fingerprint density at radius 1 is 1.33 bits per heavy atom. The molecule has 0 unspecified atom stereocenters.